The molecule has 0 aliphatic carbocycles. The Morgan fingerprint density at radius 2 is 2.00 bits per heavy atom. The van der Waals surface area contributed by atoms with Crippen LogP contribution in [0, 0.1) is 6.92 Å². The van der Waals surface area contributed by atoms with Gasteiger partial charge in [0.1, 0.15) is 6.23 Å². The summed E-state index contributed by atoms with van der Waals surface area (Å²) in [5.41, 5.74) is 2.45. The third-order valence-electron chi connectivity index (χ3n) is 3.93. The molecule has 1 aromatic carbocycles. The molecule has 6 heteroatoms. The van der Waals surface area contributed by atoms with E-state index >= 15 is 0 Å². The Balaban J connectivity index is 0.000000377. The molecule has 0 amide bonds. The van der Waals surface area contributed by atoms with Crippen molar-refractivity contribution < 1.29 is 9.47 Å². The molecule has 0 bridgehead atoms. The van der Waals surface area contributed by atoms with Crippen LogP contribution in [0.2, 0.25) is 5.02 Å². The highest BCUT2D eigenvalue weighted by Gasteiger charge is 2.18. The van der Waals surface area contributed by atoms with Crippen molar-refractivity contribution in [1.29, 1.82) is 0 Å². The zero-order valence-electron chi connectivity index (χ0n) is 13.6. The molecular formula is C17H30BClN2O2. The zero-order valence-corrected chi connectivity index (χ0v) is 14.4. The Morgan fingerprint density at radius 1 is 1.26 bits per heavy atom. The van der Waals surface area contributed by atoms with Crippen LogP contribution in [0.3, 0.4) is 0 Å². The lowest BCUT2D eigenvalue weighted by Crippen LogP contribution is -2.47. The number of rotatable bonds is 3. The summed E-state index contributed by atoms with van der Waals surface area (Å²) in [7, 11) is 1.93. The molecule has 0 aromatic heterocycles. The molecule has 130 valence electrons. The number of nitrogens with zero attached hydrogens (tertiary/aromatic N) is 1. The highest BCUT2D eigenvalue weighted by molar-refractivity contribution is 6.31. The molecule has 0 unspecified atom stereocenters. The average molecular weight is 341 g/mol. The highest BCUT2D eigenvalue weighted by atomic mass is 35.5. The minimum Gasteiger partial charge on any atom is -0.381 e. The number of benzene rings is 1. The largest absolute Gasteiger partial charge is 0.381 e. The van der Waals surface area contributed by atoms with E-state index in [1.54, 1.807) is 0 Å². The molecule has 2 saturated heterocycles. The first-order valence-electron chi connectivity index (χ1n) is 8.03. The van der Waals surface area contributed by atoms with E-state index < -0.39 is 0 Å². The van der Waals surface area contributed by atoms with Gasteiger partial charge < -0.3 is 9.47 Å². The molecular weight excluding hydrogens is 310 g/mol. The molecule has 3 rings (SSSR count). The molecule has 0 spiro atoms. The number of morpholine rings is 1. The van der Waals surface area contributed by atoms with Crippen LogP contribution in [0.5, 0.6) is 0 Å². The topological polar surface area (TPSA) is 33.7 Å². The van der Waals surface area contributed by atoms with Crippen LogP contribution in [0.15, 0.2) is 18.2 Å². The first kappa shape index (κ1) is 20.5. The summed E-state index contributed by atoms with van der Waals surface area (Å²) in [5, 5.41) is 3.99. The van der Waals surface area contributed by atoms with Gasteiger partial charge in [0.05, 0.1) is 15.0 Å². The summed E-state index contributed by atoms with van der Waals surface area (Å²) in [6.07, 6.45) is 2.71. The number of aryl methyl sites for hydroxylation is 1. The van der Waals surface area contributed by atoms with Gasteiger partial charge in [-0.15, -0.1) is 0 Å². The van der Waals surface area contributed by atoms with E-state index in [1.165, 1.54) is 18.4 Å². The van der Waals surface area contributed by atoms with Crippen LogP contribution in [-0.2, 0) is 16.0 Å². The Kier molecular flexibility index (Phi) is 9.83. The van der Waals surface area contributed by atoms with Crippen LogP contribution < -0.4 is 5.32 Å². The Morgan fingerprint density at radius 3 is 2.57 bits per heavy atom. The molecule has 1 N–H and O–H groups in total. The molecule has 1 atom stereocenters. The first-order chi connectivity index (χ1) is 10.7. The Hall–Kier alpha value is -0.585. The van der Waals surface area contributed by atoms with Crippen molar-refractivity contribution in [3.63, 3.8) is 0 Å². The van der Waals surface area contributed by atoms with Crippen molar-refractivity contribution in [2.75, 3.05) is 40.0 Å². The number of ether oxygens (including phenoxy) is 2. The maximum absolute atomic E-state index is 6.03. The Labute approximate surface area is 147 Å². The smallest absolute Gasteiger partial charge is 0.120 e. The second kappa shape index (κ2) is 11.1. The minimum atomic E-state index is 0. The summed E-state index contributed by atoms with van der Waals surface area (Å²) in [5.74, 6) is 0. The number of hydrogen-bond donors (Lipinski definition) is 1. The maximum atomic E-state index is 6.03. The van der Waals surface area contributed by atoms with Gasteiger partial charge in [0.15, 0.2) is 0 Å². The van der Waals surface area contributed by atoms with Crippen LogP contribution in [-0.4, -0.2) is 59.5 Å². The van der Waals surface area contributed by atoms with Gasteiger partial charge in [0.25, 0.3) is 0 Å². The minimum absolute atomic E-state index is 0. The van der Waals surface area contributed by atoms with Crippen LogP contribution >= 0.6 is 11.6 Å². The van der Waals surface area contributed by atoms with E-state index in [4.69, 9.17) is 21.1 Å². The molecule has 1 aromatic rings. The third-order valence-corrected chi connectivity index (χ3v) is 4.35. The van der Waals surface area contributed by atoms with Crippen molar-refractivity contribution in [1.82, 2.24) is 10.2 Å². The molecule has 2 fully saturated rings. The lowest BCUT2D eigenvalue weighted by molar-refractivity contribution is -0.0442. The fourth-order valence-corrected chi connectivity index (χ4v) is 2.71. The predicted octanol–water partition coefficient (Wildman–Crippen LogP) is 1.64. The molecule has 2 heterocycles. The van der Waals surface area contributed by atoms with Crippen molar-refractivity contribution in [3.05, 3.63) is 34.3 Å². The van der Waals surface area contributed by atoms with E-state index in [0.717, 1.165) is 50.0 Å². The van der Waals surface area contributed by atoms with Gasteiger partial charge in [-0.1, -0.05) is 23.7 Å². The van der Waals surface area contributed by atoms with Gasteiger partial charge >= 0.3 is 0 Å². The van der Waals surface area contributed by atoms with E-state index in [0.29, 0.717) is 0 Å². The number of nitrogens with one attached hydrogen (secondary N) is 1. The molecule has 0 saturated carbocycles. The summed E-state index contributed by atoms with van der Waals surface area (Å²) in [6.45, 7) is 7.71. The van der Waals surface area contributed by atoms with Gasteiger partial charge in [-0.05, 0) is 44.0 Å². The molecule has 4 nitrogen and oxygen atoms in total. The fourth-order valence-electron chi connectivity index (χ4n) is 2.59. The summed E-state index contributed by atoms with van der Waals surface area (Å²) < 4.78 is 10.5. The second-order valence-corrected chi connectivity index (χ2v) is 6.19. The first-order valence-corrected chi connectivity index (χ1v) is 8.41. The standard InChI is InChI=1S/C13H19ClN2O.C4H8O.BH3/c1-10-7-11(3-4-12(10)14)8-16-5-6-17-13(9-16)15-2;1-2-4-5-3-1;/h3-4,7,13,15H,5-6,8-9H2,1-2H3;1-4H2;1H3/t13-;;/m0../s1. The Bertz CT molecular complexity index is 451. The average Bonchev–Trinajstić information content (AvgIpc) is 3.11. The van der Waals surface area contributed by atoms with Gasteiger partial charge in [0.2, 0.25) is 0 Å². The molecule has 2 aliphatic rings. The number of halogens is 1. The van der Waals surface area contributed by atoms with Gasteiger partial charge in [-0.25, -0.2) is 0 Å². The SMILES string of the molecule is B.C1CCOC1.CN[C@@H]1CN(Cc2ccc(Cl)c(C)c2)CCO1. The van der Waals surface area contributed by atoms with E-state index in [2.05, 4.69) is 22.3 Å². The second-order valence-electron chi connectivity index (χ2n) is 5.79. The van der Waals surface area contributed by atoms with Crippen molar-refractivity contribution >= 4 is 20.0 Å². The predicted molar refractivity (Wildman–Crippen MR) is 100 cm³/mol. The van der Waals surface area contributed by atoms with E-state index in [-0.39, 0.29) is 14.6 Å². The maximum Gasteiger partial charge on any atom is 0.120 e. The highest BCUT2D eigenvalue weighted by Crippen LogP contribution is 2.18. The fraction of sp³-hybridized carbons (Fsp3) is 0.647. The van der Waals surface area contributed by atoms with Gasteiger partial charge in [0, 0.05) is 37.9 Å². The molecule has 0 radical (unpaired) electrons. The van der Waals surface area contributed by atoms with Gasteiger partial charge in [-0.3, -0.25) is 10.2 Å². The summed E-state index contributed by atoms with van der Waals surface area (Å²) in [6, 6.07) is 6.23. The van der Waals surface area contributed by atoms with Gasteiger partial charge in [-0.2, -0.15) is 0 Å². The summed E-state index contributed by atoms with van der Waals surface area (Å²) in [4.78, 5) is 2.40. The zero-order chi connectivity index (χ0) is 15.8. The van der Waals surface area contributed by atoms with Crippen molar-refractivity contribution in [3.8, 4) is 0 Å². The van der Waals surface area contributed by atoms with Crippen molar-refractivity contribution in [2.24, 2.45) is 0 Å². The van der Waals surface area contributed by atoms with Crippen LogP contribution in [0.1, 0.15) is 24.0 Å². The van der Waals surface area contributed by atoms with Crippen molar-refractivity contribution in [2.45, 2.75) is 32.5 Å². The number of hydrogen-bond acceptors (Lipinski definition) is 4. The monoisotopic (exact) mass is 340 g/mol. The van der Waals surface area contributed by atoms with E-state index in [9.17, 15) is 0 Å². The number of likely N-dealkylation sites (N-methyl/N-ethyl adjacent to an activating group) is 1. The van der Waals surface area contributed by atoms with Crippen LogP contribution in [0.25, 0.3) is 0 Å². The lowest BCUT2D eigenvalue weighted by atomic mass is 10.1. The van der Waals surface area contributed by atoms with E-state index in [1.807, 2.05) is 20.0 Å². The third kappa shape index (κ3) is 7.23. The quantitative estimate of drug-likeness (QED) is 0.848. The normalized spacial score (nSPS) is 21.3. The summed E-state index contributed by atoms with van der Waals surface area (Å²) >= 11 is 6.03. The molecule has 2 aliphatic heterocycles. The van der Waals surface area contributed by atoms with Crippen LogP contribution in [0.4, 0.5) is 0 Å². The molecule has 23 heavy (non-hydrogen) atoms. The lowest BCUT2D eigenvalue weighted by Gasteiger charge is -2.32.